The molecule has 0 spiro atoms. The summed E-state index contributed by atoms with van der Waals surface area (Å²) in [6, 6.07) is 0. The van der Waals surface area contributed by atoms with Crippen LogP contribution in [0.1, 0.15) is 20.1 Å². The number of ether oxygens (including phenoxy) is 1. The van der Waals surface area contributed by atoms with E-state index >= 15 is 4.39 Å². The lowest BCUT2D eigenvalue weighted by atomic mass is 9.94. The highest BCUT2D eigenvalue weighted by Crippen LogP contribution is 2.66. The predicted molar refractivity (Wildman–Crippen MR) is 103 cm³/mol. The maximum Gasteiger partial charge on any atom is 0.490 e. The van der Waals surface area contributed by atoms with E-state index in [1.165, 1.54) is 4.98 Å². The van der Waals surface area contributed by atoms with Gasteiger partial charge in [-0.15, -0.1) is 5.92 Å². The zero-order valence-corrected chi connectivity index (χ0v) is 19.5. The van der Waals surface area contributed by atoms with Crippen LogP contribution >= 0.6 is 23.5 Å². The standard InChI is InChI=1S/C13H17F2N2O14P3/c1-3-4-13(15)9(18)8(28-11(13)17-5-7(14)10(19)16-12(17)20)6(2)29-33(24,25)31-34(26,27)30-32(21,22)23/h5-6,8-9,11,18H,1-2H3,(H,24,25)(H,26,27)(H,16,19,20)(H2,21,22,23)/t6-,8-,9?,11-,13?/m1/s1. The molecule has 1 aromatic heterocycles. The van der Waals surface area contributed by atoms with Crippen LogP contribution in [-0.2, 0) is 31.6 Å². The van der Waals surface area contributed by atoms with Crippen molar-refractivity contribution in [2.45, 2.75) is 44.1 Å². The van der Waals surface area contributed by atoms with Gasteiger partial charge in [-0.2, -0.15) is 13.0 Å². The van der Waals surface area contributed by atoms with Gasteiger partial charge in [-0.1, -0.05) is 5.92 Å². The lowest BCUT2D eigenvalue weighted by Gasteiger charge is -2.25. The Labute approximate surface area is 187 Å². The average molecular weight is 556 g/mol. The minimum Gasteiger partial charge on any atom is -0.386 e. The fraction of sp³-hybridized carbons (Fsp3) is 0.538. The number of phosphoric ester groups is 1. The van der Waals surface area contributed by atoms with Crippen LogP contribution in [0.25, 0.3) is 0 Å². The van der Waals surface area contributed by atoms with E-state index in [9.17, 15) is 42.6 Å². The van der Waals surface area contributed by atoms with Gasteiger partial charge in [0.2, 0.25) is 11.5 Å². The molecule has 0 aliphatic carbocycles. The summed E-state index contributed by atoms with van der Waals surface area (Å²) in [7, 11) is -17.2. The van der Waals surface area contributed by atoms with E-state index in [4.69, 9.17) is 14.5 Å². The van der Waals surface area contributed by atoms with Crippen molar-refractivity contribution in [3.05, 3.63) is 32.9 Å². The normalized spacial score (nSPS) is 29.5. The molecule has 6 N–H and O–H groups in total. The number of nitrogens with one attached hydrogen (secondary N) is 1. The van der Waals surface area contributed by atoms with E-state index < -0.39 is 70.7 Å². The summed E-state index contributed by atoms with van der Waals surface area (Å²) in [5.41, 5.74) is -5.99. The topological polar surface area (TPSA) is 244 Å². The molecule has 34 heavy (non-hydrogen) atoms. The molecule has 16 nitrogen and oxygen atoms in total. The van der Waals surface area contributed by atoms with E-state index in [0.717, 1.165) is 13.8 Å². The molecule has 0 amide bonds. The van der Waals surface area contributed by atoms with Gasteiger partial charge in [-0.3, -0.25) is 18.9 Å². The second-order valence-corrected chi connectivity index (χ2v) is 11.0. The zero-order chi connectivity index (χ0) is 26.3. The molecule has 0 bridgehead atoms. The first kappa shape index (κ1) is 28.7. The Balaban J connectivity index is 2.36. The number of aromatic nitrogens is 2. The molecule has 1 fully saturated rings. The van der Waals surface area contributed by atoms with Gasteiger partial charge >= 0.3 is 29.2 Å². The fourth-order valence-electron chi connectivity index (χ4n) is 2.87. The monoisotopic (exact) mass is 556 g/mol. The Kier molecular flexibility index (Phi) is 8.28. The van der Waals surface area contributed by atoms with E-state index in [2.05, 4.69) is 19.1 Å². The Morgan fingerprint density at radius 3 is 2.32 bits per heavy atom. The van der Waals surface area contributed by atoms with Crippen molar-refractivity contribution in [2.75, 3.05) is 0 Å². The van der Waals surface area contributed by atoms with Crippen LogP contribution in [0.15, 0.2) is 15.8 Å². The van der Waals surface area contributed by atoms with Gasteiger partial charge in [-0.25, -0.2) is 22.9 Å². The predicted octanol–water partition coefficient (Wildman–Crippen LogP) is -0.603. The smallest absolute Gasteiger partial charge is 0.386 e. The molecule has 7 atom stereocenters. The SMILES string of the molecule is CC#CC1(F)C(O)[C@@H]([C@@H](C)OP(=O)(O)OP(=O)(O)OP(=O)(O)O)O[C@H]1n1cc(F)c(=O)[nH]c1=O. The molecule has 2 rings (SSSR count). The van der Waals surface area contributed by atoms with Crippen LogP contribution in [-0.4, -0.2) is 58.2 Å². The number of H-pyrrole nitrogens is 1. The number of halogens is 2. The van der Waals surface area contributed by atoms with Gasteiger partial charge < -0.3 is 29.4 Å². The highest BCUT2D eigenvalue weighted by molar-refractivity contribution is 7.66. The van der Waals surface area contributed by atoms with Crippen molar-refractivity contribution in [3.63, 3.8) is 0 Å². The minimum absolute atomic E-state index is 0.210. The molecule has 4 unspecified atom stereocenters. The number of rotatable bonds is 8. The Hall–Kier alpha value is -1.57. The molecule has 1 aromatic rings. The van der Waals surface area contributed by atoms with E-state index in [-0.39, 0.29) is 10.8 Å². The number of aliphatic hydroxyl groups is 1. The number of aliphatic hydroxyl groups excluding tert-OH is 1. The van der Waals surface area contributed by atoms with Crippen LogP contribution in [0.5, 0.6) is 0 Å². The lowest BCUT2D eigenvalue weighted by molar-refractivity contribution is -0.0783. The van der Waals surface area contributed by atoms with Crippen molar-refractivity contribution in [3.8, 4) is 11.8 Å². The van der Waals surface area contributed by atoms with Crippen LogP contribution < -0.4 is 11.2 Å². The van der Waals surface area contributed by atoms with Gasteiger partial charge in [0, 0.05) is 0 Å². The molecular weight excluding hydrogens is 539 g/mol. The van der Waals surface area contributed by atoms with Gasteiger partial charge in [0.1, 0.15) is 12.2 Å². The van der Waals surface area contributed by atoms with Crippen molar-refractivity contribution in [1.82, 2.24) is 9.55 Å². The van der Waals surface area contributed by atoms with Gasteiger partial charge in [0.25, 0.3) is 5.56 Å². The van der Waals surface area contributed by atoms with Crippen molar-refractivity contribution >= 4 is 23.5 Å². The number of hydrogen-bond donors (Lipinski definition) is 6. The highest BCUT2D eigenvalue weighted by atomic mass is 31.3. The quantitative estimate of drug-likeness (QED) is 0.173. The summed E-state index contributed by atoms with van der Waals surface area (Å²) < 4.78 is 80.4. The summed E-state index contributed by atoms with van der Waals surface area (Å²) in [4.78, 5) is 60.7. The Morgan fingerprint density at radius 1 is 1.21 bits per heavy atom. The largest absolute Gasteiger partial charge is 0.490 e. The summed E-state index contributed by atoms with van der Waals surface area (Å²) in [6.07, 6.45) is -8.23. The van der Waals surface area contributed by atoms with Crippen LogP contribution in [0, 0.1) is 17.7 Å². The van der Waals surface area contributed by atoms with Crippen molar-refractivity contribution in [1.29, 1.82) is 0 Å². The van der Waals surface area contributed by atoms with Crippen LogP contribution in [0.4, 0.5) is 8.78 Å². The number of hydrogen-bond acceptors (Lipinski definition) is 10. The number of nitrogens with zero attached hydrogens (tertiary/aromatic N) is 1. The summed E-state index contributed by atoms with van der Waals surface area (Å²) in [5, 5.41) is 10.4. The minimum atomic E-state index is -5.87. The molecule has 1 aliphatic heterocycles. The van der Waals surface area contributed by atoms with Crippen LogP contribution in [0.2, 0.25) is 0 Å². The maximum absolute atomic E-state index is 15.6. The fourth-order valence-corrected chi connectivity index (χ4v) is 6.07. The molecule has 192 valence electrons. The van der Waals surface area contributed by atoms with Crippen molar-refractivity contribution in [2.24, 2.45) is 0 Å². The second kappa shape index (κ2) is 9.82. The van der Waals surface area contributed by atoms with E-state index in [1.54, 1.807) is 0 Å². The second-order valence-electron chi connectivity index (χ2n) is 6.59. The molecule has 1 aliphatic rings. The van der Waals surface area contributed by atoms with Gasteiger partial charge in [-0.05, 0) is 13.8 Å². The van der Waals surface area contributed by atoms with Gasteiger partial charge in [0.15, 0.2) is 6.23 Å². The lowest BCUT2D eigenvalue weighted by Crippen LogP contribution is -2.46. The molecule has 21 heteroatoms. The molecule has 1 saturated heterocycles. The summed E-state index contributed by atoms with van der Waals surface area (Å²) >= 11 is 0. The highest BCUT2D eigenvalue weighted by Gasteiger charge is 2.60. The van der Waals surface area contributed by atoms with E-state index in [0.29, 0.717) is 0 Å². The third-order valence-corrected chi connectivity index (χ3v) is 7.98. The first-order valence-electron chi connectivity index (χ1n) is 8.61. The number of alkyl halides is 1. The Morgan fingerprint density at radius 2 is 1.79 bits per heavy atom. The Bertz CT molecular complexity index is 1270. The third-order valence-electron chi connectivity index (χ3n) is 4.06. The first-order chi connectivity index (χ1) is 15.3. The molecular formula is C13H17F2N2O14P3. The maximum atomic E-state index is 15.6. The molecule has 0 radical (unpaired) electrons. The van der Waals surface area contributed by atoms with Crippen molar-refractivity contribution < 1.29 is 65.0 Å². The number of aromatic amines is 1. The first-order valence-corrected chi connectivity index (χ1v) is 13.1. The third kappa shape index (κ3) is 6.55. The molecule has 0 saturated carbocycles. The van der Waals surface area contributed by atoms with E-state index in [1.807, 2.05) is 5.92 Å². The molecule has 2 heterocycles. The average Bonchev–Trinajstić information content (AvgIpc) is 2.86. The van der Waals surface area contributed by atoms with Gasteiger partial charge in [0.05, 0.1) is 12.3 Å². The molecule has 0 aromatic carbocycles. The number of phosphoric acid groups is 3. The summed E-state index contributed by atoms with van der Waals surface area (Å²) in [6.45, 7) is 1.99. The summed E-state index contributed by atoms with van der Waals surface area (Å²) in [5.74, 6) is 2.49. The zero-order valence-electron chi connectivity index (χ0n) is 16.8. The van der Waals surface area contributed by atoms with Crippen LogP contribution in [0.3, 0.4) is 0 Å².